The van der Waals surface area contributed by atoms with Gasteiger partial charge in [0.25, 0.3) is 0 Å². The number of rotatable bonds is 4. The maximum atomic E-state index is 12.7. The number of carbonyl (C=O) groups excluding carboxylic acids is 1. The average molecular weight is 405 g/mol. The normalized spacial score (nSPS) is 14.6. The number of furan rings is 1. The van der Waals surface area contributed by atoms with Crippen LogP contribution in [0.3, 0.4) is 0 Å². The largest absolute Gasteiger partial charge is 0.451 e. The lowest BCUT2D eigenvalue weighted by Crippen LogP contribution is -2.49. The Bertz CT molecular complexity index is 1160. The number of carbonyl (C=O) groups is 1. The first-order valence-electron chi connectivity index (χ1n) is 9.48. The first-order chi connectivity index (χ1) is 14.3. The van der Waals surface area contributed by atoms with Gasteiger partial charge in [0.1, 0.15) is 28.3 Å². The summed E-state index contributed by atoms with van der Waals surface area (Å²) in [4.78, 5) is 29.9. The highest BCUT2D eigenvalue weighted by Gasteiger charge is 2.22. The molecule has 1 fully saturated rings. The van der Waals surface area contributed by atoms with Crippen LogP contribution >= 0.6 is 11.8 Å². The van der Waals surface area contributed by atoms with Crippen LogP contribution in [0.25, 0.3) is 22.1 Å². The quantitative estimate of drug-likeness (QED) is 0.381. The summed E-state index contributed by atoms with van der Waals surface area (Å²) >= 11 is 1.40. The molecule has 1 aliphatic heterocycles. The van der Waals surface area contributed by atoms with E-state index < -0.39 is 0 Å². The van der Waals surface area contributed by atoms with Gasteiger partial charge in [0.15, 0.2) is 5.58 Å². The molecule has 0 saturated carbocycles. The van der Waals surface area contributed by atoms with Crippen molar-refractivity contribution in [1.82, 2.24) is 19.9 Å². The van der Waals surface area contributed by atoms with Crippen LogP contribution in [0.1, 0.15) is 0 Å². The monoisotopic (exact) mass is 405 g/mol. The minimum atomic E-state index is 0.110. The molecule has 8 heteroatoms. The summed E-state index contributed by atoms with van der Waals surface area (Å²) in [5, 5.41) is 1.66. The van der Waals surface area contributed by atoms with E-state index in [0.717, 1.165) is 35.4 Å². The van der Waals surface area contributed by atoms with Crippen LogP contribution in [-0.2, 0) is 4.79 Å². The van der Waals surface area contributed by atoms with E-state index in [-0.39, 0.29) is 5.91 Å². The fourth-order valence-electron chi connectivity index (χ4n) is 3.55. The van der Waals surface area contributed by atoms with E-state index in [1.807, 2.05) is 47.4 Å². The van der Waals surface area contributed by atoms with Crippen molar-refractivity contribution < 1.29 is 9.21 Å². The van der Waals surface area contributed by atoms with Crippen molar-refractivity contribution >= 4 is 45.6 Å². The predicted octanol–water partition coefficient (Wildman–Crippen LogP) is 3.21. The SMILES string of the molecule is O=C(CSc1ncnc2c1oc1ccccc12)N1CCN(c2ccccn2)CC1. The predicted molar refractivity (Wildman–Crippen MR) is 113 cm³/mol. The van der Waals surface area contributed by atoms with E-state index >= 15 is 0 Å². The van der Waals surface area contributed by atoms with Crippen molar-refractivity contribution in [2.45, 2.75) is 5.03 Å². The molecule has 0 aliphatic carbocycles. The van der Waals surface area contributed by atoms with Crippen molar-refractivity contribution in [1.29, 1.82) is 0 Å². The molecule has 0 spiro atoms. The highest BCUT2D eigenvalue weighted by molar-refractivity contribution is 8.00. The Morgan fingerprint density at radius 2 is 1.83 bits per heavy atom. The fraction of sp³-hybridized carbons (Fsp3) is 0.238. The summed E-state index contributed by atoms with van der Waals surface area (Å²) in [7, 11) is 0. The van der Waals surface area contributed by atoms with Gasteiger partial charge in [-0.25, -0.2) is 15.0 Å². The number of nitrogens with zero attached hydrogens (tertiary/aromatic N) is 5. The number of hydrogen-bond donors (Lipinski definition) is 0. The Kier molecular flexibility index (Phi) is 4.77. The molecule has 0 N–H and O–H groups in total. The van der Waals surface area contributed by atoms with E-state index in [2.05, 4.69) is 19.9 Å². The van der Waals surface area contributed by atoms with Gasteiger partial charge in [0.05, 0.1) is 5.75 Å². The summed E-state index contributed by atoms with van der Waals surface area (Å²) in [6, 6.07) is 13.7. The second-order valence-electron chi connectivity index (χ2n) is 6.80. The topological polar surface area (TPSA) is 75.4 Å². The Labute approximate surface area is 171 Å². The summed E-state index contributed by atoms with van der Waals surface area (Å²) in [6.07, 6.45) is 3.33. The zero-order valence-corrected chi connectivity index (χ0v) is 16.5. The highest BCUT2D eigenvalue weighted by atomic mass is 32.2. The molecule has 29 heavy (non-hydrogen) atoms. The minimum absolute atomic E-state index is 0.110. The molecule has 0 bridgehead atoms. The zero-order valence-electron chi connectivity index (χ0n) is 15.7. The van der Waals surface area contributed by atoms with Crippen molar-refractivity contribution in [3.8, 4) is 0 Å². The van der Waals surface area contributed by atoms with E-state index in [9.17, 15) is 4.79 Å². The highest BCUT2D eigenvalue weighted by Crippen LogP contribution is 2.32. The molecule has 4 aromatic rings. The van der Waals surface area contributed by atoms with Gasteiger partial charge >= 0.3 is 0 Å². The number of anilines is 1. The van der Waals surface area contributed by atoms with Gasteiger partial charge in [0, 0.05) is 37.8 Å². The fourth-order valence-corrected chi connectivity index (χ4v) is 4.39. The van der Waals surface area contributed by atoms with Crippen LogP contribution < -0.4 is 4.90 Å². The van der Waals surface area contributed by atoms with E-state index in [4.69, 9.17) is 4.42 Å². The van der Waals surface area contributed by atoms with Gasteiger partial charge in [-0.1, -0.05) is 30.0 Å². The minimum Gasteiger partial charge on any atom is -0.451 e. The first-order valence-corrected chi connectivity index (χ1v) is 10.5. The van der Waals surface area contributed by atoms with Gasteiger partial charge < -0.3 is 14.2 Å². The molecule has 7 nitrogen and oxygen atoms in total. The maximum absolute atomic E-state index is 12.7. The van der Waals surface area contributed by atoms with Crippen LogP contribution in [0.5, 0.6) is 0 Å². The molecular formula is C21H19N5O2S. The molecule has 4 heterocycles. The molecule has 0 radical (unpaired) electrons. The average Bonchev–Trinajstić information content (AvgIpc) is 3.17. The maximum Gasteiger partial charge on any atom is 0.233 e. The van der Waals surface area contributed by atoms with Crippen molar-refractivity contribution in [3.05, 3.63) is 55.0 Å². The first kappa shape index (κ1) is 17.9. The molecular weight excluding hydrogens is 386 g/mol. The molecule has 5 rings (SSSR count). The van der Waals surface area contributed by atoms with Crippen LogP contribution in [0.2, 0.25) is 0 Å². The molecule has 0 unspecified atom stereocenters. The van der Waals surface area contributed by atoms with E-state index in [1.165, 1.54) is 18.1 Å². The van der Waals surface area contributed by atoms with E-state index in [0.29, 0.717) is 29.5 Å². The van der Waals surface area contributed by atoms with E-state index in [1.54, 1.807) is 6.20 Å². The number of para-hydroxylation sites is 1. The Balaban J connectivity index is 1.25. The number of hydrogen-bond acceptors (Lipinski definition) is 7. The molecule has 1 aromatic carbocycles. The van der Waals surface area contributed by atoms with Gasteiger partial charge in [-0.05, 0) is 24.3 Å². The van der Waals surface area contributed by atoms with Gasteiger partial charge in [0.2, 0.25) is 5.91 Å². The number of fused-ring (bicyclic) bond motifs is 3. The number of pyridine rings is 1. The third-order valence-electron chi connectivity index (χ3n) is 5.06. The summed E-state index contributed by atoms with van der Waals surface area (Å²) in [5.74, 6) is 1.40. The molecule has 1 saturated heterocycles. The standard InChI is InChI=1S/C21H19N5O2S/c27-18(26-11-9-25(10-12-26)17-7-3-4-8-22-17)13-29-21-20-19(23-14-24-21)15-5-1-2-6-16(15)28-20/h1-8,14H,9-13H2. The van der Waals surface area contributed by atoms with Gasteiger partial charge in [-0.3, -0.25) is 4.79 Å². The Morgan fingerprint density at radius 1 is 1.00 bits per heavy atom. The lowest BCUT2D eigenvalue weighted by molar-refractivity contribution is -0.128. The third kappa shape index (κ3) is 3.51. The molecule has 1 amide bonds. The molecule has 1 aliphatic rings. The van der Waals surface area contributed by atoms with Crippen LogP contribution in [0.15, 0.2) is 64.4 Å². The van der Waals surface area contributed by atoms with Crippen LogP contribution in [0.4, 0.5) is 5.82 Å². The lowest BCUT2D eigenvalue weighted by Gasteiger charge is -2.35. The molecule has 0 atom stereocenters. The molecule has 146 valence electrons. The third-order valence-corrected chi connectivity index (χ3v) is 6.02. The van der Waals surface area contributed by atoms with Crippen molar-refractivity contribution in [3.63, 3.8) is 0 Å². The lowest BCUT2D eigenvalue weighted by atomic mass is 10.2. The Hall–Kier alpha value is -3.13. The van der Waals surface area contributed by atoms with Crippen molar-refractivity contribution in [2.24, 2.45) is 0 Å². The van der Waals surface area contributed by atoms with Crippen LogP contribution in [-0.4, -0.2) is 57.7 Å². The second kappa shape index (κ2) is 7.71. The number of amides is 1. The summed E-state index contributed by atoms with van der Waals surface area (Å²) in [5.41, 5.74) is 2.21. The van der Waals surface area contributed by atoms with Gasteiger partial charge in [-0.2, -0.15) is 0 Å². The van der Waals surface area contributed by atoms with Gasteiger partial charge in [-0.15, -0.1) is 0 Å². The molecule has 3 aromatic heterocycles. The second-order valence-corrected chi connectivity index (χ2v) is 7.76. The number of thioether (sulfide) groups is 1. The zero-order chi connectivity index (χ0) is 19.6. The Morgan fingerprint density at radius 3 is 2.66 bits per heavy atom. The summed E-state index contributed by atoms with van der Waals surface area (Å²) < 4.78 is 5.94. The smallest absolute Gasteiger partial charge is 0.233 e. The summed E-state index contributed by atoms with van der Waals surface area (Å²) in [6.45, 7) is 2.96. The number of benzene rings is 1. The van der Waals surface area contributed by atoms with Crippen LogP contribution in [0, 0.1) is 0 Å². The number of piperazine rings is 1. The van der Waals surface area contributed by atoms with Crippen molar-refractivity contribution in [2.75, 3.05) is 36.8 Å². The number of aromatic nitrogens is 3.